The first-order valence-electron chi connectivity index (χ1n) is 6.07. The molecule has 0 unspecified atom stereocenters. The predicted molar refractivity (Wildman–Crippen MR) is 78.3 cm³/mol. The van der Waals surface area contributed by atoms with Gasteiger partial charge in [0.1, 0.15) is 0 Å². The number of benzene rings is 1. The van der Waals surface area contributed by atoms with Crippen LogP contribution >= 0.6 is 11.8 Å². The second-order valence-electron chi connectivity index (χ2n) is 4.32. The van der Waals surface area contributed by atoms with Gasteiger partial charge in [-0.3, -0.25) is 4.90 Å². The van der Waals surface area contributed by atoms with Crippen molar-refractivity contribution in [1.29, 1.82) is 0 Å². The molecule has 0 saturated carbocycles. The molecular weight excluding hydrogens is 242 g/mol. The number of thioether (sulfide) groups is 1. The average Bonchev–Trinajstić information content (AvgIpc) is 2.86. The SMILES string of the molecule is CSCCN(C)Cc1ccn(-c2ccccc2)n1. The van der Waals surface area contributed by atoms with Crippen LogP contribution < -0.4 is 0 Å². The minimum absolute atomic E-state index is 0.903. The first kappa shape index (κ1) is 13.2. The number of hydrogen-bond acceptors (Lipinski definition) is 3. The normalized spacial score (nSPS) is 11.1. The van der Waals surface area contributed by atoms with E-state index < -0.39 is 0 Å². The van der Waals surface area contributed by atoms with Gasteiger partial charge in [0, 0.05) is 25.0 Å². The predicted octanol–water partition coefficient (Wildman–Crippen LogP) is 2.67. The third kappa shape index (κ3) is 3.62. The molecule has 4 heteroatoms. The van der Waals surface area contributed by atoms with Crippen molar-refractivity contribution in [1.82, 2.24) is 14.7 Å². The fraction of sp³-hybridized carbons (Fsp3) is 0.357. The van der Waals surface area contributed by atoms with E-state index in [0.29, 0.717) is 0 Å². The van der Waals surface area contributed by atoms with Gasteiger partial charge in [-0.2, -0.15) is 16.9 Å². The quantitative estimate of drug-likeness (QED) is 0.797. The summed E-state index contributed by atoms with van der Waals surface area (Å²) in [5.74, 6) is 1.16. The Hall–Kier alpha value is -1.26. The van der Waals surface area contributed by atoms with Crippen molar-refractivity contribution in [3.8, 4) is 5.69 Å². The van der Waals surface area contributed by atoms with Crippen LogP contribution in [0.4, 0.5) is 0 Å². The Morgan fingerprint density at radius 2 is 2.00 bits per heavy atom. The van der Waals surface area contributed by atoms with Crippen molar-refractivity contribution < 1.29 is 0 Å². The third-order valence-corrected chi connectivity index (χ3v) is 3.36. The van der Waals surface area contributed by atoms with Crippen LogP contribution in [0.2, 0.25) is 0 Å². The van der Waals surface area contributed by atoms with Crippen LogP contribution in [-0.4, -0.2) is 40.3 Å². The maximum absolute atomic E-state index is 4.60. The number of rotatable bonds is 6. The Labute approximate surface area is 113 Å². The molecule has 96 valence electrons. The molecule has 0 bridgehead atoms. The molecule has 1 heterocycles. The van der Waals surface area contributed by atoms with Crippen molar-refractivity contribution in [2.75, 3.05) is 25.6 Å². The summed E-state index contributed by atoms with van der Waals surface area (Å²) < 4.78 is 1.93. The minimum Gasteiger partial charge on any atom is -0.300 e. The van der Waals surface area contributed by atoms with Crippen molar-refractivity contribution in [3.05, 3.63) is 48.3 Å². The highest BCUT2D eigenvalue weighted by Gasteiger charge is 2.04. The largest absolute Gasteiger partial charge is 0.300 e. The minimum atomic E-state index is 0.903. The van der Waals surface area contributed by atoms with Crippen LogP contribution in [0.1, 0.15) is 5.69 Å². The molecule has 2 aromatic rings. The summed E-state index contributed by atoms with van der Waals surface area (Å²) in [5, 5.41) is 4.60. The standard InChI is InChI=1S/C14H19N3S/c1-16(10-11-18-2)12-13-8-9-17(15-13)14-6-4-3-5-7-14/h3-9H,10-12H2,1-2H3. The fourth-order valence-corrected chi connectivity index (χ4v) is 2.27. The van der Waals surface area contributed by atoms with E-state index in [9.17, 15) is 0 Å². The van der Waals surface area contributed by atoms with E-state index in [0.717, 1.165) is 30.2 Å². The van der Waals surface area contributed by atoms with E-state index in [-0.39, 0.29) is 0 Å². The second kappa shape index (κ2) is 6.61. The maximum Gasteiger partial charge on any atom is 0.0769 e. The van der Waals surface area contributed by atoms with Crippen LogP contribution in [0.5, 0.6) is 0 Å². The van der Waals surface area contributed by atoms with Gasteiger partial charge in [0.2, 0.25) is 0 Å². The van der Waals surface area contributed by atoms with E-state index in [1.54, 1.807) is 0 Å². The molecule has 2 rings (SSSR count). The lowest BCUT2D eigenvalue weighted by molar-refractivity contribution is 0.343. The van der Waals surface area contributed by atoms with Gasteiger partial charge in [-0.15, -0.1) is 0 Å². The molecule has 0 aliphatic heterocycles. The lowest BCUT2D eigenvalue weighted by Gasteiger charge is -2.13. The lowest BCUT2D eigenvalue weighted by atomic mass is 10.3. The first-order chi connectivity index (χ1) is 8.79. The molecular formula is C14H19N3S. The molecule has 0 spiro atoms. The number of para-hydroxylation sites is 1. The van der Waals surface area contributed by atoms with Gasteiger partial charge in [0.05, 0.1) is 11.4 Å². The van der Waals surface area contributed by atoms with Crippen molar-refractivity contribution in [3.63, 3.8) is 0 Å². The van der Waals surface area contributed by atoms with Crippen molar-refractivity contribution in [2.24, 2.45) is 0 Å². The molecule has 1 aromatic carbocycles. The van der Waals surface area contributed by atoms with Crippen LogP contribution in [-0.2, 0) is 6.54 Å². The third-order valence-electron chi connectivity index (χ3n) is 2.77. The van der Waals surface area contributed by atoms with Gasteiger partial charge < -0.3 is 0 Å². The Morgan fingerprint density at radius 3 is 2.72 bits per heavy atom. The van der Waals surface area contributed by atoms with Gasteiger partial charge in [0.25, 0.3) is 0 Å². The van der Waals surface area contributed by atoms with E-state index in [4.69, 9.17) is 0 Å². The molecule has 1 aromatic heterocycles. The monoisotopic (exact) mass is 261 g/mol. The molecule has 0 saturated heterocycles. The average molecular weight is 261 g/mol. The summed E-state index contributed by atoms with van der Waals surface area (Å²) in [4.78, 5) is 2.30. The van der Waals surface area contributed by atoms with Gasteiger partial charge in [-0.05, 0) is 31.5 Å². The van der Waals surface area contributed by atoms with Gasteiger partial charge in [-0.25, -0.2) is 4.68 Å². The zero-order chi connectivity index (χ0) is 12.8. The fourth-order valence-electron chi connectivity index (χ4n) is 1.77. The zero-order valence-corrected chi connectivity index (χ0v) is 11.7. The second-order valence-corrected chi connectivity index (χ2v) is 5.30. The summed E-state index contributed by atoms with van der Waals surface area (Å²) >= 11 is 1.88. The van der Waals surface area contributed by atoms with E-state index in [1.807, 2.05) is 40.8 Å². The van der Waals surface area contributed by atoms with Gasteiger partial charge in [0.15, 0.2) is 0 Å². The first-order valence-corrected chi connectivity index (χ1v) is 7.46. The van der Waals surface area contributed by atoms with Crippen LogP contribution in [0.3, 0.4) is 0 Å². The molecule has 0 radical (unpaired) electrons. The molecule has 0 aliphatic carbocycles. The Kier molecular flexibility index (Phi) is 4.84. The molecule has 18 heavy (non-hydrogen) atoms. The molecule has 0 N–H and O–H groups in total. The highest BCUT2D eigenvalue weighted by molar-refractivity contribution is 7.98. The van der Waals surface area contributed by atoms with E-state index in [2.05, 4.69) is 41.5 Å². The van der Waals surface area contributed by atoms with Gasteiger partial charge >= 0.3 is 0 Å². The number of hydrogen-bond donors (Lipinski definition) is 0. The number of nitrogens with zero attached hydrogens (tertiary/aromatic N) is 3. The van der Waals surface area contributed by atoms with Crippen LogP contribution in [0, 0.1) is 0 Å². The highest BCUT2D eigenvalue weighted by atomic mass is 32.2. The molecule has 0 atom stereocenters. The molecule has 0 aliphatic rings. The topological polar surface area (TPSA) is 21.1 Å². The lowest BCUT2D eigenvalue weighted by Crippen LogP contribution is -2.21. The Balaban J connectivity index is 1.98. The maximum atomic E-state index is 4.60. The van der Waals surface area contributed by atoms with Crippen molar-refractivity contribution >= 4 is 11.8 Å². The van der Waals surface area contributed by atoms with Crippen molar-refractivity contribution in [2.45, 2.75) is 6.54 Å². The summed E-state index contributed by atoms with van der Waals surface area (Å²) in [7, 11) is 2.14. The van der Waals surface area contributed by atoms with E-state index >= 15 is 0 Å². The highest BCUT2D eigenvalue weighted by Crippen LogP contribution is 2.08. The molecule has 0 amide bonds. The molecule has 0 fully saturated rings. The summed E-state index contributed by atoms with van der Waals surface area (Å²) in [6.45, 7) is 2.00. The zero-order valence-electron chi connectivity index (χ0n) is 10.9. The summed E-state index contributed by atoms with van der Waals surface area (Å²) in [6.07, 6.45) is 4.16. The summed E-state index contributed by atoms with van der Waals surface area (Å²) in [6, 6.07) is 12.3. The summed E-state index contributed by atoms with van der Waals surface area (Å²) in [5.41, 5.74) is 2.22. The smallest absolute Gasteiger partial charge is 0.0769 e. The Bertz CT molecular complexity index is 467. The van der Waals surface area contributed by atoms with Crippen LogP contribution in [0.15, 0.2) is 42.6 Å². The van der Waals surface area contributed by atoms with Gasteiger partial charge in [-0.1, -0.05) is 18.2 Å². The van der Waals surface area contributed by atoms with Crippen LogP contribution in [0.25, 0.3) is 5.69 Å². The number of aromatic nitrogens is 2. The Morgan fingerprint density at radius 1 is 1.22 bits per heavy atom. The van der Waals surface area contributed by atoms with E-state index in [1.165, 1.54) is 0 Å². The molecule has 3 nitrogen and oxygen atoms in total.